The maximum absolute atomic E-state index is 12.0. The fourth-order valence-corrected chi connectivity index (χ4v) is 2.50. The molecule has 0 saturated carbocycles. The van der Waals surface area contributed by atoms with Gasteiger partial charge in [0, 0.05) is 26.2 Å². The van der Waals surface area contributed by atoms with Gasteiger partial charge in [-0.1, -0.05) is 30.3 Å². The van der Waals surface area contributed by atoms with Crippen LogP contribution in [0, 0.1) is 0 Å². The van der Waals surface area contributed by atoms with E-state index in [2.05, 4.69) is 16.8 Å². The normalized spacial score (nSPS) is 21.4. The molecule has 1 fully saturated rings. The first-order chi connectivity index (χ1) is 8.55. The number of piperazine rings is 1. The molecular weight excluding hydrogens is 226 g/mol. The van der Waals surface area contributed by atoms with Crippen LogP contribution >= 0.6 is 0 Å². The van der Waals surface area contributed by atoms with E-state index in [-0.39, 0.29) is 5.91 Å². The molecule has 98 valence electrons. The van der Waals surface area contributed by atoms with Gasteiger partial charge in [0.1, 0.15) is 5.54 Å². The number of amides is 1. The molecule has 1 heterocycles. The summed E-state index contributed by atoms with van der Waals surface area (Å²) in [5.41, 5.74) is 5.94. The minimum absolute atomic E-state index is 0.279. The van der Waals surface area contributed by atoms with Crippen LogP contribution in [0.5, 0.6) is 0 Å². The first kappa shape index (κ1) is 13.1. The summed E-state index contributed by atoms with van der Waals surface area (Å²) < 4.78 is 0. The van der Waals surface area contributed by atoms with E-state index < -0.39 is 5.54 Å². The van der Waals surface area contributed by atoms with Gasteiger partial charge in [-0.15, -0.1) is 0 Å². The molecule has 4 heteroatoms. The van der Waals surface area contributed by atoms with E-state index in [1.165, 1.54) is 0 Å². The third-order valence-electron chi connectivity index (χ3n) is 3.95. The van der Waals surface area contributed by atoms with Crippen molar-refractivity contribution in [3.8, 4) is 0 Å². The van der Waals surface area contributed by atoms with Gasteiger partial charge in [0.2, 0.25) is 5.91 Å². The molecule has 2 N–H and O–H groups in total. The second-order valence-corrected chi connectivity index (χ2v) is 5.09. The predicted octanol–water partition coefficient (Wildman–Crippen LogP) is 0.635. The van der Waals surface area contributed by atoms with Gasteiger partial charge in [-0.05, 0) is 19.5 Å². The lowest BCUT2D eigenvalue weighted by atomic mass is 9.88. The van der Waals surface area contributed by atoms with Gasteiger partial charge >= 0.3 is 0 Å². The third kappa shape index (κ3) is 2.26. The van der Waals surface area contributed by atoms with Crippen molar-refractivity contribution in [1.82, 2.24) is 9.80 Å². The van der Waals surface area contributed by atoms with Crippen molar-refractivity contribution >= 4 is 5.91 Å². The number of likely N-dealkylation sites (N-methyl/N-ethyl adjacent to an activating group) is 1. The predicted molar refractivity (Wildman–Crippen MR) is 72.1 cm³/mol. The second-order valence-electron chi connectivity index (χ2n) is 5.09. The SMILES string of the molecule is CN1CCN(C(C)(C(N)=O)c2ccccc2)CC1. The summed E-state index contributed by atoms with van der Waals surface area (Å²) >= 11 is 0. The van der Waals surface area contributed by atoms with Gasteiger partial charge in [-0.25, -0.2) is 0 Å². The van der Waals surface area contributed by atoms with E-state index in [9.17, 15) is 4.79 Å². The number of benzene rings is 1. The van der Waals surface area contributed by atoms with Crippen molar-refractivity contribution in [2.75, 3.05) is 33.2 Å². The molecule has 4 nitrogen and oxygen atoms in total. The summed E-state index contributed by atoms with van der Waals surface area (Å²) in [5.74, 6) is -0.279. The number of primary amides is 1. The summed E-state index contributed by atoms with van der Waals surface area (Å²) in [6, 6.07) is 9.81. The average molecular weight is 247 g/mol. The van der Waals surface area contributed by atoms with Crippen LogP contribution in [0.2, 0.25) is 0 Å². The van der Waals surface area contributed by atoms with Crippen LogP contribution in [-0.2, 0) is 10.3 Å². The minimum atomic E-state index is -0.706. The lowest BCUT2D eigenvalue weighted by Gasteiger charge is -2.43. The molecule has 1 aromatic carbocycles. The zero-order chi connectivity index (χ0) is 13.2. The van der Waals surface area contributed by atoms with E-state index in [0.29, 0.717) is 0 Å². The Kier molecular flexibility index (Phi) is 3.68. The summed E-state index contributed by atoms with van der Waals surface area (Å²) in [6.07, 6.45) is 0. The minimum Gasteiger partial charge on any atom is -0.368 e. The molecule has 1 aromatic rings. The molecule has 1 saturated heterocycles. The quantitative estimate of drug-likeness (QED) is 0.852. The summed E-state index contributed by atoms with van der Waals surface area (Å²) in [6.45, 7) is 5.59. The number of hydrogen-bond acceptors (Lipinski definition) is 3. The Morgan fingerprint density at radius 3 is 2.22 bits per heavy atom. The van der Waals surface area contributed by atoms with Gasteiger partial charge in [-0.2, -0.15) is 0 Å². The number of nitrogens with two attached hydrogens (primary N) is 1. The summed E-state index contributed by atoms with van der Waals surface area (Å²) in [4.78, 5) is 16.4. The molecule has 0 aliphatic carbocycles. The Labute approximate surface area is 108 Å². The van der Waals surface area contributed by atoms with Crippen LogP contribution in [0.15, 0.2) is 30.3 Å². The van der Waals surface area contributed by atoms with Crippen LogP contribution in [-0.4, -0.2) is 48.9 Å². The first-order valence-electron chi connectivity index (χ1n) is 6.34. The summed E-state index contributed by atoms with van der Waals surface area (Å²) in [5, 5.41) is 0. The van der Waals surface area contributed by atoms with Crippen LogP contribution in [0.1, 0.15) is 12.5 Å². The highest BCUT2D eigenvalue weighted by Crippen LogP contribution is 2.28. The monoisotopic (exact) mass is 247 g/mol. The van der Waals surface area contributed by atoms with Crippen LogP contribution < -0.4 is 5.73 Å². The maximum atomic E-state index is 12.0. The number of carbonyl (C=O) groups is 1. The van der Waals surface area contributed by atoms with Crippen molar-refractivity contribution in [1.29, 1.82) is 0 Å². The van der Waals surface area contributed by atoms with Crippen LogP contribution in [0.25, 0.3) is 0 Å². The average Bonchev–Trinajstić information content (AvgIpc) is 2.39. The Morgan fingerprint density at radius 2 is 1.72 bits per heavy atom. The molecule has 1 unspecified atom stereocenters. The Balaban J connectivity index is 2.30. The molecule has 1 atom stereocenters. The molecule has 0 radical (unpaired) electrons. The van der Waals surface area contributed by atoms with E-state index in [0.717, 1.165) is 31.7 Å². The Hall–Kier alpha value is -1.39. The molecule has 1 aliphatic rings. The lowest BCUT2D eigenvalue weighted by molar-refractivity contribution is -0.131. The van der Waals surface area contributed by atoms with E-state index >= 15 is 0 Å². The molecular formula is C14H21N3O. The van der Waals surface area contributed by atoms with Gasteiger partial charge < -0.3 is 10.6 Å². The smallest absolute Gasteiger partial charge is 0.242 e. The standard InChI is InChI=1S/C14H21N3O/c1-14(13(15)18,12-6-4-3-5-7-12)17-10-8-16(2)9-11-17/h3-7H,8-11H2,1-2H3,(H2,15,18). The highest BCUT2D eigenvalue weighted by molar-refractivity contribution is 5.85. The number of carbonyl (C=O) groups excluding carboxylic acids is 1. The zero-order valence-corrected chi connectivity index (χ0v) is 11.1. The highest BCUT2D eigenvalue weighted by atomic mass is 16.1. The molecule has 1 aliphatic heterocycles. The zero-order valence-electron chi connectivity index (χ0n) is 11.1. The van der Waals surface area contributed by atoms with Gasteiger partial charge in [0.25, 0.3) is 0 Å². The highest BCUT2D eigenvalue weighted by Gasteiger charge is 2.40. The van der Waals surface area contributed by atoms with Crippen molar-refractivity contribution in [2.45, 2.75) is 12.5 Å². The van der Waals surface area contributed by atoms with Crippen molar-refractivity contribution < 1.29 is 4.79 Å². The molecule has 2 rings (SSSR count). The van der Waals surface area contributed by atoms with Crippen LogP contribution in [0.4, 0.5) is 0 Å². The maximum Gasteiger partial charge on any atom is 0.242 e. The van der Waals surface area contributed by atoms with E-state index in [1.54, 1.807) is 0 Å². The fourth-order valence-electron chi connectivity index (χ4n) is 2.50. The third-order valence-corrected chi connectivity index (χ3v) is 3.95. The number of nitrogens with zero attached hydrogens (tertiary/aromatic N) is 2. The van der Waals surface area contributed by atoms with E-state index in [4.69, 9.17) is 5.73 Å². The number of rotatable bonds is 3. The van der Waals surface area contributed by atoms with Crippen molar-refractivity contribution in [2.24, 2.45) is 5.73 Å². The van der Waals surface area contributed by atoms with E-state index in [1.807, 2.05) is 37.3 Å². The topological polar surface area (TPSA) is 49.6 Å². The second kappa shape index (κ2) is 5.08. The summed E-state index contributed by atoms with van der Waals surface area (Å²) in [7, 11) is 2.10. The van der Waals surface area contributed by atoms with Crippen LogP contribution in [0.3, 0.4) is 0 Å². The molecule has 0 aromatic heterocycles. The van der Waals surface area contributed by atoms with Crippen molar-refractivity contribution in [3.05, 3.63) is 35.9 Å². The Morgan fingerprint density at radius 1 is 1.17 bits per heavy atom. The Bertz CT molecular complexity index is 412. The van der Waals surface area contributed by atoms with Gasteiger partial charge in [0.15, 0.2) is 0 Å². The van der Waals surface area contributed by atoms with Gasteiger partial charge in [0.05, 0.1) is 0 Å². The number of hydrogen-bond donors (Lipinski definition) is 1. The molecule has 18 heavy (non-hydrogen) atoms. The molecule has 0 spiro atoms. The molecule has 0 bridgehead atoms. The lowest BCUT2D eigenvalue weighted by Crippen LogP contribution is -2.58. The largest absolute Gasteiger partial charge is 0.368 e. The van der Waals surface area contributed by atoms with Gasteiger partial charge in [-0.3, -0.25) is 9.69 Å². The first-order valence-corrected chi connectivity index (χ1v) is 6.34. The van der Waals surface area contributed by atoms with Crippen molar-refractivity contribution in [3.63, 3.8) is 0 Å². The molecule has 1 amide bonds. The fraction of sp³-hybridized carbons (Fsp3) is 0.500.